The number of unbranched alkanes of at least 4 members (excludes halogenated alkanes) is 1. The van der Waals surface area contributed by atoms with E-state index < -0.39 is 20.1 Å². The number of hydrogen-bond acceptors (Lipinski definition) is 6. The molecule has 0 bridgehead atoms. The van der Waals surface area contributed by atoms with Crippen LogP contribution in [0, 0.1) is 0 Å². The molecule has 8 heteroatoms. The topological polar surface area (TPSA) is 71.1 Å². The first-order valence-electron chi connectivity index (χ1n) is 9.75. The van der Waals surface area contributed by atoms with Crippen molar-refractivity contribution in [3.05, 3.63) is 35.9 Å². The van der Waals surface area contributed by atoms with Gasteiger partial charge in [-0.1, -0.05) is 50.1 Å². The van der Waals surface area contributed by atoms with Gasteiger partial charge in [0.25, 0.3) is 0 Å². The fraction of sp³-hybridized carbons (Fsp3) is 0.684. The van der Waals surface area contributed by atoms with Crippen LogP contribution in [0.4, 0.5) is 0 Å². The number of rotatable bonds is 14. The molecule has 0 radical (unpaired) electrons. The van der Waals surface area contributed by atoms with Gasteiger partial charge in [0.1, 0.15) is 0 Å². The van der Waals surface area contributed by atoms with E-state index in [1.54, 1.807) is 39.8 Å². The second-order valence-corrected chi connectivity index (χ2v) is 10.9. The van der Waals surface area contributed by atoms with E-state index in [-0.39, 0.29) is 26.4 Å². The predicted octanol–water partition coefficient (Wildman–Crippen LogP) is 6.56. The lowest BCUT2D eigenvalue weighted by Gasteiger charge is -2.42. The maximum Gasteiger partial charge on any atom is 0.353 e. The molecule has 0 atom stereocenters. The van der Waals surface area contributed by atoms with Gasteiger partial charge in [-0.2, -0.15) is 0 Å². The van der Waals surface area contributed by atoms with Crippen LogP contribution in [-0.4, -0.2) is 26.4 Å². The molecular weight excluding hydrogens is 386 g/mol. The Morgan fingerprint density at radius 3 is 1.48 bits per heavy atom. The van der Waals surface area contributed by atoms with E-state index in [4.69, 9.17) is 18.1 Å². The third-order valence-corrected chi connectivity index (χ3v) is 10.9. The van der Waals surface area contributed by atoms with Crippen LogP contribution >= 0.6 is 15.2 Å². The van der Waals surface area contributed by atoms with Crippen molar-refractivity contribution in [2.75, 3.05) is 26.4 Å². The van der Waals surface area contributed by atoms with Gasteiger partial charge in [-0.15, -0.1) is 0 Å². The number of hydrogen-bond donors (Lipinski definition) is 0. The molecule has 6 nitrogen and oxygen atoms in total. The average Bonchev–Trinajstić information content (AvgIpc) is 2.64. The summed E-state index contributed by atoms with van der Waals surface area (Å²) < 4.78 is 51.2. The van der Waals surface area contributed by atoms with E-state index in [0.29, 0.717) is 18.4 Å². The summed E-state index contributed by atoms with van der Waals surface area (Å²) >= 11 is 0. The molecule has 0 aromatic heterocycles. The van der Waals surface area contributed by atoms with Gasteiger partial charge >= 0.3 is 15.2 Å². The van der Waals surface area contributed by atoms with E-state index in [0.717, 1.165) is 6.42 Å². The first-order valence-corrected chi connectivity index (χ1v) is 12.8. The molecule has 0 saturated carbocycles. The van der Waals surface area contributed by atoms with E-state index in [9.17, 15) is 9.13 Å². The van der Waals surface area contributed by atoms with Crippen molar-refractivity contribution < 1.29 is 27.2 Å². The third-order valence-electron chi connectivity index (χ3n) is 4.22. The highest BCUT2D eigenvalue weighted by atomic mass is 31.2. The molecule has 1 rings (SSSR count). The molecule has 0 saturated heterocycles. The van der Waals surface area contributed by atoms with Crippen molar-refractivity contribution in [3.63, 3.8) is 0 Å². The zero-order chi connectivity index (χ0) is 20.4. The van der Waals surface area contributed by atoms with Crippen molar-refractivity contribution in [1.29, 1.82) is 0 Å². The van der Waals surface area contributed by atoms with Gasteiger partial charge in [0.15, 0.2) is 4.90 Å². The minimum Gasteiger partial charge on any atom is -0.308 e. The Morgan fingerprint density at radius 2 is 1.15 bits per heavy atom. The molecule has 0 amide bonds. The van der Waals surface area contributed by atoms with Crippen LogP contribution in [0.1, 0.15) is 59.4 Å². The quantitative estimate of drug-likeness (QED) is 0.317. The van der Waals surface area contributed by atoms with E-state index in [1.165, 1.54) is 0 Å². The molecule has 0 spiro atoms. The summed E-state index contributed by atoms with van der Waals surface area (Å²) in [6, 6.07) is 9.09. The van der Waals surface area contributed by atoms with Crippen LogP contribution in [0.2, 0.25) is 0 Å². The summed E-state index contributed by atoms with van der Waals surface area (Å²) in [5.74, 6) is 0. The Balaban J connectivity index is 3.88. The van der Waals surface area contributed by atoms with Crippen LogP contribution in [0.5, 0.6) is 0 Å². The Hall–Kier alpha value is -0.480. The smallest absolute Gasteiger partial charge is 0.308 e. The highest BCUT2D eigenvalue weighted by Gasteiger charge is 2.65. The van der Waals surface area contributed by atoms with Gasteiger partial charge in [-0.05, 0) is 39.7 Å². The first-order chi connectivity index (χ1) is 12.9. The minimum absolute atomic E-state index is 0.163. The fourth-order valence-corrected chi connectivity index (χ4v) is 9.24. The molecule has 0 unspecified atom stereocenters. The van der Waals surface area contributed by atoms with Gasteiger partial charge in [0.2, 0.25) is 0 Å². The lowest BCUT2D eigenvalue weighted by molar-refractivity contribution is 0.173. The second kappa shape index (κ2) is 11.5. The standard InChI is InChI=1S/C19H34O6P2/c1-6-11-17-19(18-15-13-12-14-16-18,26(20,22-7-2)23-8-3)27(21,24-9-4)25-10-5/h12-16H,6-11,17H2,1-5H3. The fourth-order valence-electron chi connectivity index (χ4n) is 3.19. The van der Waals surface area contributed by atoms with Gasteiger partial charge in [0.05, 0.1) is 26.4 Å². The zero-order valence-corrected chi connectivity index (χ0v) is 19.0. The van der Waals surface area contributed by atoms with Crippen molar-refractivity contribution >= 4 is 15.2 Å². The van der Waals surface area contributed by atoms with Gasteiger partial charge in [-0.25, -0.2) is 0 Å². The molecule has 156 valence electrons. The van der Waals surface area contributed by atoms with Crippen molar-refractivity contribution in [2.45, 2.75) is 58.8 Å². The summed E-state index contributed by atoms with van der Waals surface area (Å²) in [6.45, 7) is 9.65. The Kier molecular flexibility index (Phi) is 10.5. The molecule has 0 heterocycles. The SMILES string of the molecule is CCCCC(c1ccccc1)(P(=O)(OCC)OCC)P(=O)(OCC)OCC. The van der Waals surface area contributed by atoms with Crippen LogP contribution in [-0.2, 0) is 32.1 Å². The molecule has 0 fully saturated rings. The summed E-state index contributed by atoms with van der Waals surface area (Å²) in [4.78, 5) is -1.52. The van der Waals surface area contributed by atoms with Crippen molar-refractivity contribution in [2.24, 2.45) is 0 Å². The minimum atomic E-state index is -3.91. The summed E-state index contributed by atoms with van der Waals surface area (Å²) in [7, 11) is -7.81. The predicted molar refractivity (Wildman–Crippen MR) is 109 cm³/mol. The summed E-state index contributed by atoms with van der Waals surface area (Å²) in [5.41, 5.74) is 0.592. The second-order valence-electron chi connectivity index (χ2n) is 5.95. The Morgan fingerprint density at radius 1 is 0.741 bits per heavy atom. The summed E-state index contributed by atoms with van der Waals surface area (Å²) in [5, 5.41) is 0. The highest BCUT2D eigenvalue weighted by Crippen LogP contribution is 2.83. The summed E-state index contributed by atoms with van der Waals surface area (Å²) in [6.07, 6.45) is 1.80. The van der Waals surface area contributed by atoms with Gasteiger partial charge < -0.3 is 18.1 Å². The highest BCUT2D eigenvalue weighted by molar-refractivity contribution is 7.73. The maximum atomic E-state index is 14.2. The molecule has 0 aliphatic heterocycles. The molecule has 0 aliphatic rings. The first kappa shape index (κ1) is 24.6. The van der Waals surface area contributed by atoms with E-state index in [1.807, 2.05) is 25.1 Å². The lowest BCUT2D eigenvalue weighted by Crippen LogP contribution is -2.31. The third kappa shape index (κ3) is 5.12. The number of benzene rings is 1. The normalized spacial score (nSPS) is 13.1. The van der Waals surface area contributed by atoms with Gasteiger partial charge in [0, 0.05) is 0 Å². The Bertz CT molecular complexity index is 584. The molecule has 0 N–H and O–H groups in total. The Labute approximate surface area is 164 Å². The van der Waals surface area contributed by atoms with E-state index in [2.05, 4.69) is 0 Å². The van der Waals surface area contributed by atoms with E-state index >= 15 is 0 Å². The molecule has 1 aromatic rings. The lowest BCUT2D eigenvalue weighted by atomic mass is 10.1. The van der Waals surface area contributed by atoms with Gasteiger partial charge in [-0.3, -0.25) is 9.13 Å². The molecule has 0 aliphatic carbocycles. The largest absolute Gasteiger partial charge is 0.353 e. The van der Waals surface area contributed by atoms with Crippen LogP contribution in [0.3, 0.4) is 0 Å². The average molecular weight is 420 g/mol. The molecule has 27 heavy (non-hydrogen) atoms. The molecule has 1 aromatic carbocycles. The van der Waals surface area contributed by atoms with Crippen LogP contribution in [0.25, 0.3) is 0 Å². The zero-order valence-electron chi connectivity index (χ0n) is 17.2. The van der Waals surface area contributed by atoms with Crippen LogP contribution in [0.15, 0.2) is 30.3 Å². The monoisotopic (exact) mass is 420 g/mol. The van der Waals surface area contributed by atoms with Crippen molar-refractivity contribution in [1.82, 2.24) is 0 Å². The maximum absolute atomic E-state index is 14.2. The molecular formula is C19H34O6P2. The van der Waals surface area contributed by atoms with Crippen molar-refractivity contribution in [3.8, 4) is 0 Å². The van der Waals surface area contributed by atoms with Crippen LogP contribution < -0.4 is 0 Å².